The van der Waals surface area contributed by atoms with E-state index in [1.165, 1.54) is 0 Å². The first-order chi connectivity index (χ1) is 10.3. The minimum atomic E-state index is -0.122. The topological polar surface area (TPSA) is 62.5 Å². The fourth-order valence-corrected chi connectivity index (χ4v) is 2.60. The largest absolute Gasteiger partial charge is 0.394 e. The van der Waals surface area contributed by atoms with Gasteiger partial charge in [-0.25, -0.2) is 4.52 Å². The average molecular weight is 347 g/mol. The van der Waals surface area contributed by atoms with Gasteiger partial charge in [-0.15, -0.1) is 5.10 Å². The number of pyridine rings is 1. The van der Waals surface area contributed by atoms with Crippen molar-refractivity contribution in [2.45, 2.75) is 12.5 Å². The molecule has 3 aromatic rings. The number of aromatic nitrogens is 3. The smallest absolute Gasteiger partial charge is 0.243 e. The molecule has 0 saturated heterocycles. The molecule has 6 heteroatoms. The molecule has 108 valence electrons. The van der Waals surface area contributed by atoms with Crippen LogP contribution in [0.5, 0.6) is 0 Å². The van der Waals surface area contributed by atoms with Crippen molar-refractivity contribution in [1.82, 2.24) is 14.6 Å². The summed E-state index contributed by atoms with van der Waals surface area (Å²) in [7, 11) is 0. The van der Waals surface area contributed by atoms with Gasteiger partial charge < -0.3 is 10.4 Å². The lowest BCUT2D eigenvalue weighted by atomic mass is 10.1. The maximum atomic E-state index is 9.54. The third-order valence-electron chi connectivity index (χ3n) is 3.19. The van der Waals surface area contributed by atoms with Gasteiger partial charge in [-0.05, 0) is 40.0 Å². The van der Waals surface area contributed by atoms with Gasteiger partial charge in [0.2, 0.25) is 5.95 Å². The lowest BCUT2D eigenvalue weighted by molar-refractivity contribution is 0.273. The number of nitrogens with zero attached hydrogens (tertiary/aromatic N) is 3. The van der Waals surface area contributed by atoms with Gasteiger partial charge in [0.15, 0.2) is 5.65 Å². The predicted octanol–water partition coefficient (Wildman–Crippen LogP) is 2.51. The summed E-state index contributed by atoms with van der Waals surface area (Å²) < 4.78 is 2.58. The molecule has 5 nitrogen and oxygen atoms in total. The second-order valence-corrected chi connectivity index (χ2v) is 5.63. The van der Waals surface area contributed by atoms with Crippen molar-refractivity contribution in [1.29, 1.82) is 0 Å². The van der Waals surface area contributed by atoms with Crippen LogP contribution in [0, 0.1) is 0 Å². The van der Waals surface area contributed by atoms with Crippen molar-refractivity contribution in [3.05, 3.63) is 58.7 Å². The summed E-state index contributed by atoms with van der Waals surface area (Å²) in [5, 5.41) is 17.1. The minimum absolute atomic E-state index is 0.0195. The number of hydrogen-bond acceptors (Lipinski definition) is 4. The monoisotopic (exact) mass is 346 g/mol. The van der Waals surface area contributed by atoms with Gasteiger partial charge in [0.1, 0.15) is 0 Å². The lowest BCUT2D eigenvalue weighted by Crippen LogP contribution is -2.27. The summed E-state index contributed by atoms with van der Waals surface area (Å²) in [5.41, 5.74) is 1.91. The van der Waals surface area contributed by atoms with Crippen LogP contribution in [0.15, 0.2) is 53.1 Å². The normalized spacial score (nSPS) is 12.5. The number of nitrogens with one attached hydrogen (secondary N) is 1. The quantitative estimate of drug-likeness (QED) is 0.745. The molecule has 0 aliphatic rings. The maximum Gasteiger partial charge on any atom is 0.243 e. The second kappa shape index (κ2) is 6.24. The number of benzene rings is 1. The number of fused-ring (bicyclic) bond motifs is 1. The van der Waals surface area contributed by atoms with E-state index in [1.807, 2.05) is 48.7 Å². The van der Waals surface area contributed by atoms with Crippen molar-refractivity contribution >= 4 is 27.5 Å². The Kier molecular flexibility index (Phi) is 4.17. The third-order valence-corrected chi connectivity index (χ3v) is 3.81. The summed E-state index contributed by atoms with van der Waals surface area (Å²) in [5.74, 6) is 0.511. The highest BCUT2D eigenvalue weighted by atomic mass is 79.9. The molecule has 0 fully saturated rings. The van der Waals surface area contributed by atoms with Crippen molar-refractivity contribution in [2.24, 2.45) is 0 Å². The molecule has 1 unspecified atom stereocenters. The number of halogens is 1. The van der Waals surface area contributed by atoms with Crippen LogP contribution in [-0.2, 0) is 6.42 Å². The Hall–Kier alpha value is -1.92. The molecular weight excluding hydrogens is 332 g/mol. The molecule has 1 aromatic carbocycles. The first kappa shape index (κ1) is 14.0. The van der Waals surface area contributed by atoms with Crippen LogP contribution in [0.4, 0.5) is 5.95 Å². The summed E-state index contributed by atoms with van der Waals surface area (Å²) in [6, 6.07) is 13.7. The highest BCUT2D eigenvalue weighted by Gasteiger charge is 2.12. The average Bonchev–Trinajstić information content (AvgIpc) is 2.92. The Labute approximate surface area is 130 Å². The van der Waals surface area contributed by atoms with Crippen LogP contribution >= 0.6 is 15.9 Å². The van der Waals surface area contributed by atoms with Gasteiger partial charge in [0, 0.05) is 6.20 Å². The van der Waals surface area contributed by atoms with Crippen LogP contribution < -0.4 is 5.32 Å². The standard InChI is InChI=1S/C15H15BrN4O/c16-13-7-4-8-20-14(13)18-15(19-20)17-12(10-21)9-11-5-2-1-3-6-11/h1-8,12,21H,9-10H2,(H,17,19). The zero-order chi connectivity index (χ0) is 14.7. The molecule has 3 rings (SSSR count). The molecule has 0 amide bonds. The van der Waals surface area contributed by atoms with Gasteiger partial charge in [0.05, 0.1) is 17.1 Å². The van der Waals surface area contributed by atoms with Gasteiger partial charge >= 0.3 is 0 Å². The fraction of sp³-hybridized carbons (Fsp3) is 0.200. The van der Waals surface area contributed by atoms with E-state index >= 15 is 0 Å². The van der Waals surface area contributed by atoms with Gasteiger partial charge in [-0.2, -0.15) is 4.98 Å². The Bertz CT molecular complexity index is 729. The highest BCUT2D eigenvalue weighted by Crippen LogP contribution is 2.17. The lowest BCUT2D eigenvalue weighted by Gasteiger charge is -2.14. The molecule has 0 radical (unpaired) electrons. The van der Waals surface area contributed by atoms with E-state index in [2.05, 4.69) is 31.3 Å². The first-order valence-corrected chi connectivity index (χ1v) is 7.48. The van der Waals surface area contributed by atoms with Crippen molar-refractivity contribution in [3.8, 4) is 0 Å². The van der Waals surface area contributed by atoms with Crippen molar-refractivity contribution in [2.75, 3.05) is 11.9 Å². The first-order valence-electron chi connectivity index (χ1n) is 6.68. The van der Waals surface area contributed by atoms with E-state index in [9.17, 15) is 5.11 Å². The molecule has 0 saturated carbocycles. The van der Waals surface area contributed by atoms with Gasteiger partial charge in [-0.1, -0.05) is 30.3 Å². The zero-order valence-corrected chi connectivity index (χ0v) is 12.9. The molecule has 0 bridgehead atoms. The number of anilines is 1. The van der Waals surface area contributed by atoms with Crippen molar-refractivity contribution < 1.29 is 5.11 Å². The Morgan fingerprint density at radius 1 is 1.19 bits per heavy atom. The molecule has 21 heavy (non-hydrogen) atoms. The van der Waals surface area contributed by atoms with E-state index in [0.717, 1.165) is 15.7 Å². The van der Waals surface area contributed by atoms with E-state index in [-0.39, 0.29) is 12.6 Å². The summed E-state index contributed by atoms with van der Waals surface area (Å²) in [6.07, 6.45) is 2.55. The Morgan fingerprint density at radius 2 is 2.00 bits per heavy atom. The van der Waals surface area contributed by atoms with E-state index in [0.29, 0.717) is 12.4 Å². The summed E-state index contributed by atoms with van der Waals surface area (Å²) >= 11 is 3.45. The summed E-state index contributed by atoms with van der Waals surface area (Å²) in [4.78, 5) is 4.42. The number of rotatable bonds is 5. The fourth-order valence-electron chi connectivity index (χ4n) is 2.18. The zero-order valence-electron chi connectivity index (χ0n) is 11.3. The van der Waals surface area contributed by atoms with E-state index in [1.54, 1.807) is 4.52 Å². The molecule has 2 heterocycles. The molecule has 2 N–H and O–H groups in total. The second-order valence-electron chi connectivity index (χ2n) is 4.77. The van der Waals surface area contributed by atoms with E-state index in [4.69, 9.17) is 0 Å². The Morgan fingerprint density at radius 3 is 2.71 bits per heavy atom. The Balaban J connectivity index is 1.77. The highest BCUT2D eigenvalue weighted by molar-refractivity contribution is 9.10. The van der Waals surface area contributed by atoms with E-state index < -0.39 is 0 Å². The van der Waals surface area contributed by atoms with Crippen LogP contribution in [0.2, 0.25) is 0 Å². The summed E-state index contributed by atoms with van der Waals surface area (Å²) in [6.45, 7) is 0.0195. The third kappa shape index (κ3) is 3.22. The van der Waals surface area contributed by atoms with Crippen LogP contribution in [0.3, 0.4) is 0 Å². The minimum Gasteiger partial charge on any atom is -0.394 e. The van der Waals surface area contributed by atoms with Gasteiger partial charge in [0.25, 0.3) is 0 Å². The molecule has 1 atom stereocenters. The van der Waals surface area contributed by atoms with Crippen molar-refractivity contribution in [3.63, 3.8) is 0 Å². The molecule has 2 aromatic heterocycles. The van der Waals surface area contributed by atoms with Crippen LogP contribution in [0.1, 0.15) is 5.56 Å². The SMILES string of the molecule is OCC(Cc1ccccc1)Nc1nc2c(Br)cccn2n1. The molecule has 0 spiro atoms. The number of hydrogen-bond donors (Lipinski definition) is 2. The molecule has 0 aliphatic heterocycles. The molecule has 0 aliphatic carbocycles. The predicted molar refractivity (Wildman–Crippen MR) is 85.3 cm³/mol. The number of aliphatic hydroxyl groups excluding tert-OH is 1. The van der Waals surface area contributed by atoms with Gasteiger partial charge in [-0.3, -0.25) is 0 Å². The number of aliphatic hydroxyl groups is 1. The van der Waals surface area contributed by atoms with Crippen LogP contribution in [0.25, 0.3) is 5.65 Å². The van der Waals surface area contributed by atoms with Crippen LogP contribution in [-0.4, -0.2) is 32.4 Å². The molecular formula is C15H15BrN4O. The maximum absolute atomic E-state index is 9.54.